The Balaban J connectivity index is 1.52. The maximum absolute atomic E-state index is 13.1. The predicted molar refractivity (Wildman–Crippen MR) is 115 cm³/mol. The Labute approximate surface area is 182 Å². The van der Waals surface area contributed by atoms with Gasteiger partial charge in [0.2, 0.25) is 5.91 Å². The molecule has 31 heavy (non-hydrogen) atoms. The number of likely N-dealkylation sites (N-methyl/N-ethyl adjacent to an activating group) is 1. The van der Waals surface area contributed by atoms with Gasteiger partial charge in [-0.1, -0.05) is 43.2 Å². The normalized spacial score (nSPS) is 22.2. The number of fused-ring (bicyclic) bond motifs is 1. The van der Waals surface area contributed by atoms with Crippen molar-refractivity contribution < 1.29 is 14.4 Å². The van der Waals surface area contributed by atoms with Crippen LogP contribution in [0.25, 0.3) is 0 Å². The van der Waals surface area contributed by atoms with Gasteiger partial charge in [0.1, 0.15) is 11.2 Å². The fourth-order valence-corrected chi connectivity index (χ4v) is 4.34. The van der Waals surface area contributed by atoms with Crippen molar-refractivity contribution in [2.45, 2.75) is 63.7 Å². The molecule has 164 valence electrons. The summed E-state index contributed by atoms with van der Waals surface area (Å²) in [5, 5.41) is 10.4. The lowest BCUT2D eigenvalue weighted by Gasteiger charge is -2.41. The van der Waals surface area contributed by atoms with Crippen LogP contribution in [0.1, 0.15) is 72.1 Å². The van der Waals surface area contributed by atoms with Crippen LogP contribution >= 0.6 is 0 Å². The first-order valence-electron chi connectivity index (χ1n) is 10.8. The van der Waals surface area contributed by atoms with E-state index in [1.54, 1.807) is 14.0 Å². The van der Waals surface area contributed by atoms with Gasteiger partial charge in [-0.05, 0) is 32.3 Å². The van der Waals surface area contributed by atoms with Crippen LogP contribution in [0.4, 0.5) is 0 Å². The zero-order chi connectivity index (χ0) is 22.2. The first kappa shape index (κ1) is 21.1. The molecule has 3 amide bonds. The molecular formula is C23H29N5O3. The van der Waals surface area contributed by atoms with E-state index in [0.29, 0.717) is 5.69 Å². The third kappa shape index (κ3) is 3.94. The van der Waals surface area contributed by atoms with Crippen molar-refractivity contribution in [3.05, 3.63) is 53.3 Å². The number of hydrogen-bond donors (Lipinski definition) is 2. The lowest BCUT2D eigenvalue weighted by Crippen LogP contribution is -2.63. The van der Waals surface area contributed by atoms with Crippen LogP contribution in [0.5, 0.6) is 0 Å². The summed E-state index contributed by atoms with van der Waals surface area (Å²) in [6, 6.07) is 11.1. The number of carbonyl (C=O) groups excluding carboxylic acids is 3. The molecule has 0 saturated heterocycles. The topological polar surface area (TPSA) is 96.3 Å². The third-order valence-electron chi connectivity index (χ3n) is 6.56. The molecule has 1 aromatic carbocycles. The third-order valence-corrected chi connectivity index (χ3v) is 6.56. The second-order valence-corrected chi connectivity index (χ2v) is 8.77. The maximum atomic E-state index is 13.1. The number of nitrogens with zero attached hydrogens (tertiary/aromatic N) is 3. The van der Waals surface area contributed by atoms with Crippen LogP contribution in [0.3, 0.4) is 0 Å². The molecule has 2 heterocycles. The molecule has 0 bridgehead atoms. The molecular weight excluding hydrogens is 394 g/mol. The number of nitrogens with one attached hydrogen (secondary N) is 2. The minimum absolute atomic E-state index is 0.160. The Morgan fingerprint density at radius 1 is 1.19 bits per heavy atom. The molecule has 1 aliphatic carbocycles. The van der Waals surface area contributed by atoms with Crippen molar-refractivity contribution in [3.8, 4) is 0 Å². The highest BCUT2D eigenvalue weighted by molar-refractivity contribution is 6.01. The standard InChI is InChI=1S/C23H29N5O3/c1-15(16-9-5-4-6-10-16)24-20(29)18-13-19-21(30)27(3)23(2,14-28(19)26-18)22(31)25-17-11-7-8-12-17/h4-6,9-10,13,15,17H,7-8,11-12,14H2,1-3H3,(H,24,29)(H,25,31)/t15-,23-/m1/s1. The summed E-state index contributed by atoms with van der Waals surface area (Å²) in [6.07, 6.45) is 4.16. The number of carbonyl (C=O) groups is 3. The van der Waals surface area contributed by atoms with Crippen molar-refractivity contribution in [2.24, 2.45) is 0 Å². The summed E-state index contributed by atoms with van der Waals surface area (Å²) in [5.74, 6) is -0.858. The Morgan fingerprint density at radius 2 is 1.87 bits per heavy atom. The van der Waals surface area contributed by atoms with Gasteiger partial charge in [-0.2, -0.15) is 5.10 Å². The lowest BCUT2D eigenvalue weighted by atomic mass is 9.95. The van der Waals surface area contributed by atoms with E-state index in [-0.39, 0.29) is 42.0 Å². The molecule has 8 heteroatoms. The molecule has 0 radical (unpaired) electrons. The van der Waals surface area contributed by atoms with E-state index in [1.165, 1.54) is 15.6 Å². The van der Waals surface area contributed by atoms with Gasteiger partial charge in [0.05, 0.1) is 12.6 Å². The molecule has 2 atom stereocenters. The Hall–Kier alpha value is -3.16. The van der Waals surface area contributed by atoms with E-state index in [0.717, 1.165) is 31.2 Å². The van der Waals surface area contributed by atoms with E-state index in [4.69, 9.17) is 0 Å². The summed E-state index contributed by atoms with van der Waals surface area (Å²) in [6.45, 7) is 3.84. The zero-order valence-electron chi connectivity index (χ0n) is 18.2. The molecule has 1 aromatic heterocycles. The second-order valence-electron chi connectivity index (χ2n) is 8.77. The van der Waals surface area contributed by atoms with Gasteiger partial charge >= 0.3 is 0 Å². The van der Waals surface area contributed by atoms with E-state index in [1.807, 2.05) is 37.3 Å². The van der Waals surface area contributed by atoms with Crippen LogP contribution in [0.2, 0.25) is 0 Å². The monoisotopic (exact) mass is 423 g/mol. The molecule has 1 aliphatic heterocycles. The first-order valence-corrected chi connectivity index (χ1v) is 10.8. The van der Waals surface area contributed by atoms with Crippen LogP contribution in [0, 0.1) is 0 Å². The molecule has 1 saturated carbocycles. The minimum atomic E-state index is -1.07. The highest BCUT2D eigenvalue weighted by Crippen LogP contribution is 2.27. The van der Waals surface area contributed by atoms with Gasteiger partial charge in [-0.15, -0.1) is 0 Å². The Morgan fingerprint density at radius 3 is 2.55 bits per heavy atom. The quantitative estimate of drug-likeness (QED) is 0.771. The number of aromatic nitrogens is 2. The summed E-state index contributed by atoms with van der Waals surface area (Å²) >= 11 is 0. The largest absolute Gasteiger partial charge is 0.351 e. The zero-order valence-corrected chi connectivity index (χ0v) is 18.2. The predicted octanol–water partition coefficient (Wildman–Crippen LogP) is 2.28. The fraction of sp³-hybridized carbons (Fsp3) is 0.478. The minimum Gasteiger partial charge on any atom is -0.351 e. The molecule has 8 nitrogen and oxygen atoms in total. The molecule has 2 N–H and O–H groups in total. The van der Waals surface area contributed by atoms with E-state index >= 15 is 0 Å². The smallest absolute Gasteiger partial charge is 0.272 e. The SMILES string of the molecule is C[C@@H](NC(=O)c1cc2n(n1)C[C@](C)(C(=O)NC1CCCC1)N(C)C2=O)c1ccccc1. The van der Waals surface area contributed by atoms with Crippen LogP contribution in [-0.2, 0) is 11.3 Å². The summed E-state index contributed by atoms with van der Waals surface area (Å²) < 4.78 is 1.48. The number of benzene rings is 1. The van der Waals surface area contributed by atoms with Gasteiger partial charge in [-0.25, -0.2) is 0 Å². The second kappa shape index (κ2) is 8.17. The van der Waals surface area contributed by atoms with Crippen molar-refractivity contribution in [3.63, 3.8) is 0 Å². The molecule has 0 spiro atoms. The van der Waals surface area contributed by atoms with Crippen molar-refractivity contribution in [1.82, 2.24) is 25.3 Å². The average molecular weight is 424 g/mol. The fourth-order valence-electron chi connectivity index (χ4n) is 4.34. The molecule has 2 aromatic rings. The van der Waals surface area contributed by atoms with Crippen LogP contribution in [-0.4, -0.2) is 51.0 Å². The van der Waals surface area contributed by atoms with Crippen molar-refractivity contribution >= 4 is 17.7 Å². The van der Waals surface area contributed by atoms with E-state index in [2.05, 4.69) is 15.7 Å². The Bertz CT molecular complexity index is 996. The molecule has 2 aliphatic rings. The van der Waals surface area contributed by atoms with Gasteiger partial charge in [-0.3, -0.25) is 19.1 Å². The van der Waals surface area contributed by atoms with E-state index in [9.17, 15) is 14.4 Å². The van der Waals surface area contributed by atoms with Gasteiger partial charge < -0.3 is 15.5 Å². The Kier molecular flexibility index (Phi) is 5.56. The van der Waals surface area contributed by atoms with Crippen LogP contribution in [0.15, 0.2) is 36.4 Å². The average Bonchev–Trinajstić information content (AvgIpc) is 3.42. The highest BCUT2D eigenvalue weighted by Gasteiger charge is 2.46. The summed E-state index contributed by atoms with van der Waals surface area (Å²) in [5.41, 5.74) is 0.391. The van der Waals surface area contributed by atoms with Gasteiger partial charge in [0, 0.05) is 19.2 Å². The molecule has 0 unspecified atom stereocenters. The van der Waals surface area contributed by atoms with Gasteiger partial charge in [0.25, 0.3) is 11.8 Å². The number of hydrogen-bond acceptors (Lipinski definition) is 4. The van der Waals surface area contributed by atoms with Crippen LogP contribution < -0.4 is 10.6 Å². The molecule has 1 fully saturated rings. The summed E-state index contributed by atoms with van der Waals surface area (Å²) in [4.78, 5) is 40.3. The lowest BCUT2D eigenvalue weighted by molar-refractivity contribution is -0.133. The number of rotatable bonds is 5. The summed E-state index contributed by atoms with van der Waals surface area (Å²) in [7, 11) is 1.63. The van der Waals surface area contributed by atoms with Crippen molar-refractivity contribution in [2.75, 3.05) is 7.05 Å². The van der Waals surface area contributed by atoms with E-state index < -0.39 is 5.54 Å². The first-order chi connectivity index (χ1) is 14.8. The number of amides is 3. The highest BCUT2D eigenvalue weighted by atomic mass is 16.2. The maximum Gasteiger partial charge on any atom is 0.272 e. The van der Waals surface area contributed by atoms with Crippen molar-refractivity contribution in [1.29, 1.82) is 0 Å². The molecule has 4 rings (SSSR count). The van der Waals surface area contributed by atoms with Gasteiger partial charge in [0.15, 0.2) is 5.69 Å².